The first kappa shape index (κ1) is 12.3. The average Bonchev–Trinajstić information content (AvgIpc) is 2.28. The summed E-state index contributed by atoms with van der Waals surface area (Å²) in [5.41, 5.74) is 5.58. The van der Waals surface area contributed by atoms with Gasteiger partial charge >= 0.3 is 0 Å². The van der Waals surface area contributed by atoms with Crippen molar-refractivity contribution < 1.29 is 9.94 Å². The van der Waals surface area contributed by atoms with Crippen molar-refractivity contribution >= 4 is 5.84 Å². The maximum Gasteiger partial charge on any atom is 0.142 e. The highest BCUT2D eigenvalue weighted by atomic mass is 16.5. The number of rotatable bonds is 4. The molecular formula is C10H21N3O2. The first-order chi connectivity index (χ1) is 7.19. The summed E-state index contributed by atoms with van der Waals surface area (Å²) in [6, 6.07) is 0.447. The molecule has 1 aliphatic heterocycles. The molecule has 1 fully saturated rings. The maximum atomic E-state index is 8.58. The van der Waals surface area contributed by atoms with Crippen LogP contribution in [0.2, 0.25) is 0 Å². The van der Waals surface area contributed by atoms with Gasteiger partial charge in [-0.25, -0.2) is 0 Å². The third-order valence-corrected chi connectivity index (χ3v) is 3.09. The molecule has 0 radical (unpaired) electrons. The average molecular weight is 215 g/mol. The van der Waals surface area contributed by atoms with E-state index in [-0.39, 0.29) is 5.92 Å². The summed E-state index contributed by atoms with van der Waals surface area (Å²) in [5.74, 6) is 0.607. The van der Waals surface area contributed by atoms with E-state index >= 15 is 0 Å². The Morgan fingerprint density at radius 3 is 2.67 bits per heavy atom. The van der Waals surface area contributed by atoms with Crippen molar-refractivity contribution in [2.75, 3.05) is 26.8 Å². The van der Waals surface area contributed by atoms with Gasteiger partial charge in [-0.3, -0.25) is 4.90 Å². The van der Waals surface area contributed by atoms with Gasteiger partial charge in [0.15, 0.2) is 0 Å². The molecular weight excluding hydrogens is 194 g/mol. The standard InChI is InChI=1S/C10H21N3O2/c1-8(7-15-2)13-5-3-9(4-6-13)10(11)12-14/h8-9,14H,3-7H2,1-2H3,(H2,11,12). The smallest absolute Gasteiger partial charge is 0.142 e. The van der Waals surface area contributed by atoms with E-state index in [4.69, 9.17) is 15.7 Å². The number of amidine groups is 1. The number of likely N-dealkylation sites (tertiary alicyclic amines) is 1. The van der Waals surface area contributed by atoms with E-state index in [1.54, 1.807) is 7.11 Å². The monoisotopic (exact) mass is 215 g/mol. The van der Waals surface area contributed by atoms with Crippen LogP contribution < -0.4 is 5.73 Å². The minimum Gasteiger partial charge on any atom is -0.409 e. The quantitative estimate of drug-likeness (QED) is 0.310. The van der Waals surface area contributed by atoms with Crippen LogP contribution in [0.1, 0.15) is 19.8 Å². The lowest BCUT2D eigenvalue weighted by Crippen LogP contribution is -2.44. The summed E-state index contributed by atoms with van der Waals surface area (Å²) in [6.45, 7) is 4.90. The summed E-state index contributed by atoms with van der Waals surface area (Å²) in [7, 11) is 1.72. The fourth-order valence-corrected chi connectivity index (χ4v) is 2.06. The maximum absolute atomic E-state index is 8.58. The highest BCUT2D eigenvalue weighted by Crippen LogP contribution is 2.19. The molecule has 0 aromatic carbocycles. The van der Waals surface area contributed by atoms with Crippen LogP contribution in [0.5, 0.6) is 0 Å². The van der Waals surface area contributed by atoms with Crippen molar-refractivity contribution in [3.8, 4) is 0 Å². The van der Waals surface area contributed by atoms with Crippen LogP contribution in [-0.2, 0) is 4.74 Å². The molecule has 1 aliphatic rings. The van der Waals surface area contributed by atoms with Crippen molar-refractivity contribution in [3.05, 3.63) is 0 Å². The molecule has 1 heterocycles. The van der Waals surface area contributed by atoms with Gasteiger partial charge in [-0.1, -0.05) is 5.16 Å². The third-order valence-electron chi connectivity index (χ3n) is 3.09. The molecule has 1 atom stereocenters. The van der Waals surface area contributed by atoms with Gasteiger partial charge in [-0.2, -0.15) is 0 Å². The first-order valence-electron chi connectivity index (χ1n) is 5.39. The van der Waals surface area contributed by atoms with Crippen molar-refractivity contribution in [2.45, 2.75) is 25.8 Å². The second kappa shape index (κ2) is 5.92. The Morgan fingerprint density at radius 2 is 2.20 bits per heavy atom. The second-order valence-corrected chi connectivity index (χ2v) is 4.14. The Bertz CT molecular complexity index is 213. The van der Waals surface area contributed by atoms with Gasteiger partial charge in [0.1, 0.15) is 5.84 Å². The van der Waals surface area contributed by atoms with Crippen molar-refractivity contribution in [3.63, 3.8) is 0 Å². The van der Waals surface area contributed by atoms with Crippen LogP contribution in [0.4, 0.5) is 0 Å². The molecule has 1 unspecified atom stereocenters. The van der Waals surface area contributed by atoms with Crippen molar-refractivity contribution in [1.29, 1.82) is 0 Å². The number of hydrogen-bond acceptors (Lipinski definition) is 4. The minimum absolute atomic E-state index is 0.237. The van der Waals surface area contributed by atoms with Crippen LogP contribution in [-0.4, -0.2) is 48.8 Å². The number of ether oxygens (including phenoxy) is 1. The molecule has 1 rings (SSSR count). The fourth-order valence-electron chi connectivity index (χ4n) is 2.06. The summed E-state index contributed by atoms with van der Waals surface area (Å²) < 4.78 is 5.12. The summed E-state index contributed by atoms with van der Waals surface area (Å²) in [5, 5.41) is 11.6. The third kappa shape index (κ3) is 3.35. The number of hydrogen-bond donors (Lipinski definition) is 2. The highest BCUT2D eigenvalue weighted by molar-refractivity contribution is 5.82. The topological polar surface area (TPSA) is 71.1 Å². The van der Waals surface area contributed by atoms with Gasteiger partial charge in [-0.05, 0) is 32.9 Å². The molecule has 5 heteroatoms. The minimum atomic E-state index is 0.237. The second-order valence-electron chi connectivity index (χ2n) is 4.14. The fraction of sp³-hybridized carbons (Fsp3) is 0.900. The molecule has 1 saturated heterocycles. The molecule has 15 heavy (non-hydrogen) atoms. The Kier molecular flexibility index (Phi) is 4.84. The number of piperidine rings is 1. The van der Waals surface area contributed by atoms with Crippen LogP contribution in [0.3, 0.4) is 0 Å². The zero-order chi connectivity index (χ0) is 11.3. The molecule has 0 aromatic heterocycles. The van der Waals surface area contributed by atoms with Gasteiger partial charge < -0.3 is 15.7 Å². The van der Waals surface area contributed by atoms with Crippen LogP contribution in [0.15, 0.2) is 5.16 Å². The Morgan fingerprint density at radius 1 is 1.60 bits per heavy atom. The Hall–Kier alpha value is -0.810. The van der Waals surface area contributed by atoms with E-state index in [1.165, 1.54) is 0 Å². The van der Waals surface area contributed by atoms with Crippen molar-refractivity contribution in [2.24, 2.45) is 16.8 Å². The van der Waals surface area contributed by atoms with Gasteiger partial charge in [-0.15, -0.1) is 0 Å². The number of nitrogens with two attached hydrogens (primary N) is 1. The molecule has 0 saturated carbocycles. The van der Waals surface area contributed by atoms with Gasteiger partial charge in [0.2, 0.25) is 0 Å². The van der Waals surface area contributed by atoms with Crippen LogP contribution in [0.25, 0.3) is 0 Å². The van der Waals surface area contributed by atoms with Gasteiger partial charge in [0, 0.05) is 19.1 Å². The number of methoxy groups -OCH3 is 1. The summed E-state index contributed by atoms with van der Waals surface area (Å²) in [6.07, 6.45) is 1.92. The zero-order valence-corrected chi connectivity index (χ0v) is 9.52. The number of oxime groups is 1. The molecule has 5 nitrogen and oxygen atoms in total. The summed E-state index contributed by atoms with van der Waals surface area (Å²) >= 11 is 0. The lowest BCUT2D eigenvalue weighted by atomic mass is 9.95. The lowest BCUT2D eigenvalue weighted by Gasteiger charge is -2.35. The van der Waals surface area contributed by atoms with E-state index in [1.807, 2.05) is 0 Å². The normalized spacial score (nSPS) is 22.9. The molecule has 0 spiro atoms. The van der Waals surface area contributed by atoms with E-state index in [0.29, 0.717) is 11.9 Å². The van der Waals surface area contributed by atoms with E-state index in [0.717, 1.165) is 32.5 Å². The highest BCUT2D eigenvalue weighted by Gasteiger charge is 2.24. The summed E-state index contributed by atoms with van der Waals surface area (Å²) in [4.78, 5) is 2.38. The molecule has 0 aliphatic carbocycles. The molecule has 0 amide bonds. The lowest BCUT2D eigenvalue weighted by molar-refractivity contribution is 0.0804. The predicted molar refractivity (Wildman–Crippen MR) is 59.0 cm³/mol. The SMILES string of the molecule is COCC(C)N1CCC(C(N)=NO)CC1. The predicted octanol–water partition coefficient (Wildman–Crippen LogP) is 0.480. The molecule has 88 valence electrons. The van der Waals surface area contributed by atoms with Crippen LogP contribution >= 0.6 is 0 Å². The molecule has 3 N–H and O–H groups in total. The molecule has 0 bridgehead atoms. The Balaban J connectivity index is 2.35. The van der Waals surface area contributed by atoms with E-state index < -0.39 is 0 Å². The van der Waals surface area contributed by atoms with Crippen LogP contribution in [0, 0.1) is 5.92 Å². The first-order valence-corrected chi connectivity index (χ1v) is 5.39. The van der Waals surface area contributed by atoms with E-state index in [9.17, 15) is 0 Å². The number of nitrogens with zero attached hydrogens (tertiary/aromatic N) is 2. The van der Waals surface area contributed by atoms with Crippen molar-refractivity contribution in [1.82, 2.24) is 4.90 Å². The Labute approximate surface area is 90.9 Å². The van der Waals surface area contributed by atoms with E-state index in [2.05, 4.69) is 17.0 Å². The van der Waals surface area contributed by atoms with Gasteiger partial charge in [0.25, 0.3) is 0 Å². The zero-order valence-electron chi connectivity index (χ0n) is 9.52. The van der Waals surface area contributed by atoms with Gasteiger partial charge in [0.05, 0.1) is 6.61 Å². The largest absolute Gasteiger partial charge is 0.409 e. The molecule has 0 aromatic rings.